The van der Waals surface area contributed by atoms with E-state index in [1.54, 1.807) is 18.5 Å². The maximum atomic E-state index is 9.77. The molecule has 0 saturated carbocycles. The van der Waals surface area contributed by atoms with Crippen molar-refractivity contribution in [1.29, 1.82) is 0 Å². The molecule has 0 aliphatic heterocycles. The predicted molar refractivity (Wildman–Crippen MR) is 24.4 cm³/mol. The largest absolute Gasteiger partial charge is 0.276 e. The molecule has 0 spiro atoms. The summed E-state index contributed by atoms with van der Waals surface area (Å²) in [4.78, 5) is 9.77. The predicted octanol–water partition coefficient (Wildman–Crippen LogP) is -0.0786. The van der Waals surface area contributed by atoms with E-state index in [4.69, 9.17) is 0 Å². The first-order chi connectivity index (χ1) is 3.43. The van der Waals surface area contributed by atoms with Gasteiger partial charge in [0.1, 0.15) is 0 Å². The molecule has 0 fully saturated rings. The van der Waals surface area contributed by atoms with Gasteiger partial charge in [-0.1, -0.05) is 0 Å². The van der Waals surface area contributed by atoms with Gasteiger partial charge in [0.15, 0.2) is 0 Å². The highest BCUT2D eigenvalue weighted by molar-refractivity contribution is 5.49. The Morgan fingerprint density at radius 2 is 2.57 bits per heavy atom. The lowest BCUT2D eigenvalue weighted by Crippen LogP contribution is -1.91. The Morgan fingerprint density at radius 3 is 2.86 bits per heavy atom. The summed E-state index contributed by atoms with van der Waals surface area (Å²) in [5.41, 5.74) is 0. The van der Waals surface area contributed by atoms with Gasteiger partial charge in [-0.25, -0.2) is 4.68 Å². The lowest BCUT2D eigenvalue weighted by atomic mass is 10.8. The number of aromatic nitrogens is 2. The molecule has 0 amide bonds. The van der Waals surface area contributed by atoms with Crippen LogP contribution in [0.5, 0.6) is 0 Å². The standard InChI is InChI=1S/C4H4N2O/c7-4-6-3-1-2-5-6/h1-4H. The van der Waals surface area contributed by atoms with E-state index < -0.39 is 0 Å². The van der Waals surface area contributed by atoms with Gasteiger partial charge in [0, 0.05) is 12.4 Å². The van der Waals surface area contributed by atoms with E-state index in [1.165, 1.54) is 4.68 Å². The van der Waals surface area contributed by atoms with Crippen molar-refractivity contribution in [3.63, 3.8) is 0 Å². The van der Waals surface area contributed by atoms with Gasteiger partial charge < -0.3 is 0 Å². The van der Waals surface area contributed by atoms with Crippen LogP contribution in [0.1, 0.15) is 0 Å². The van der Waals surface area contributed by atoms with E-state index in [0.717, 1.165) is 0 Å². The summed E-state index contributed by atoms with van der Waals surface area (Å²) in [6.07, 6.45) is 3.77. The third-order valence-electron chi connectivity index (χ3n) is 0.633. The van der Waals surface area contributed by atoms with Gasteiger partial charge in [-0.15, -0.1) is 0 Å². The second-order valence-electron chi connectivity index (χ2n) is 1.09. The van der Waals surface area contributed by atoms with Crippen molar-refractivity contribution in [3.05, 3.63) is 18.5 Å². The molecule has 0 aliphatic carbocycles. The van der Waals surface area contributed by atoms with Crippen molar-refractivity contribution >= 4 is 6.41 Å². The smallest absolute Gasteiger partial charge is 0.234 e. The SMILES string of the molecule is O=Cn1cccn1. The summed E-state index contributed by atoms with van der Waals surface area (Å²) in [5.74, 6) is 0. The van der Waals surface area contributed by atoms with Crippen LogP contribution in [-0.4, -0.2) is 16.2 Å². The highest BCUT2D eigenvalue weighted by Crippen LogP contribution is 1.74. The van der Waals surface area contributed by atoms with Gasteiger partial charge in [-0.2, -0.15) is 5.10 Å². The van der Waals surface area contributed by atoms with Crippen LogP contribution in [0, 0.1) is 0 Å². The monoisotopic (exact) mass is 96.0 g/mol. The summed E-state index contributed by atoms with van der Waals surface area (Å²) >= 11 is 0. The number of hydrogen-bond donors (Lipinski definition) is 0. The van der Waals surface area contributed by atoms with Crippen molar-refractivity contribution in [2.24, 2.45) is 0 Å². The van der Waals surface area contributed by atoms with Crippen molar-refractivity contribution in [2.75, 3.05) is 0 Å². The maximum absolute atomic E-state index is 9.77. The van der Waals surface area contributed by atoms with Crippen LogP contribution in [0.3, 0.4) is 0 Å². The Morgan fingerprint density at radius 1 is 1.71 bits per heavy atom. The van der Waals surface area contributed by atoms with Crippen LogP contribution < -0.4 is 0 Å². The second kappa shape index (κ2) is 1.55. The van der Waals surface area contributed by atoms with Gasteiger partial charge in [-0.05, 0) is 6.07 Å². The lowest BCUT2D eigenvalue weighted by molar-refractivity contribution is 0.540. The normalized spacial score (nSPS) is 8.57. The molecule has 0 atom stereocenters. The molecule has 36 valence electrons. The molecule has 0 aliphatic rings. The molecule has 0 unspecified atom stereocenters. The van der Waals surface area contributed by atoms with Crippen LogP contribution in [0.15, 0.2) is 18.5 Å². The molecule has 0 bridgehead atoms. The molecule has 0 aromatic carbocycles. The van der Waals surface area contributed by atoms with Crippen molar-refractivity contribution in [1.82, 2.24) is 9.78 Å². The van der Waals surface area contributed by atoms with E-state index in [1.807, 2.05) is 0 Å². The average Bonchev–Trinajstić information content (AvgIpc) is 2.14. The number of nitrogens with zero attached hydrogens (tertiary/aromatic N) is 2. The quantitative estimate of drug-likeness (QED) is 0.458. The first-order valence-electron chi connectivity index (χ1n) is 1.88. The number of rotatable bonds is 1. The molecule has 1 heterocycles. The summed E-state index contributed by atoms with van der Waals surface area (Å²) in [7, 11) is 0. The van der Waals surface area contributed by atoms with E-state index in [2.05, 4.69) is 5.10 Å². The van der Waals surface area contributed by atoms with Crippen molar-refractivity contribution in [3.8, 4) is 0 Å². The first-order valence-corrected chi connectivity index (χ1v) is 1.88. The van der Waals surface area contributed by atoms with E-state index in [0.29, 0.717) is 6.41 Å². The van der Waals surface area contributed by atoms with E-state index in [9.17, 15) is 4.79 Å². The molecule has 1 aromatic rings. The Bertz CT molecular complexity index is 145. The van der Waals surface area contributed by atoms with Crippen LogP contribution in [0.4, 0.5) is 0 Å². The zero-order valence-electron chi connectivity index (χ0n) is 3.61. The molecule has 3 heteroatoms. The highest BCUT2D eigenvalue weighted by Gasteiger charge is 1.77. The molecule has 1 rings (SSSR count). The summed E-state index contributed by atoms with van der Waals surface area (Å²) in [6, 6.07) is 1.69. The van der Waals surface area contributed by atoms with Crippen LogP contribution in [0.2, 0.25) is 0 Å². The van der Waals surface area contributed by atoms with Crippen molar-refractivity contribution < 1.29 is 4.79 Å². The molecule has 0 radical (unpaired) electrons. The molecular weight excluding hydrogens is 92.1 g/mol. The minimum absolute atomic E-state index is 0.639. The number of carbonyl (C=O) groups excluding carboxylic acids is 1. The fourth-order valence-electron chi connectivity index (χ4n) is 0.343. The number of hydrogen-bond acceptors (Lipinski definition) is 2. The highest BCUT2D eigenvalue weighted by atomic mass is 16.1. The Balaban J connectivity index is 2.96. The fourth-order valence-corrected chi connectivity index (χ4v) is 0.343. The summed E-state index contributed by atoms with van der Waals surface area (Å²) in [5, 5.41) is 3.58. The minimum atomic E-state index is 0.639. The molecule has 0 N–H and O–H groups in total. The van der Waals surface area contributed by atoms with Gasteiger partial charge in [0.2, 0.25) is 6.41 Å². The summed E-state index contributed by atoms with van der Waals surface area (Å²) in [6.45, 7) is 0. The minimum Gasteiger partial charge on any atom is -0.276 e. The molecule has 7 heavy (non-hydrogen) atoms. The van der Waals surface area contributed by atoms with E-state index in [-0.39, 0.29) is 0 Å². The van der Waals surface area contributed by atoms with Gasteiger partial charge in [0.05, 0.1) is 0 Å². The topological polar surface area (TPSA) is 34.9 Å². The third-order valence-corrected chi connectivity index (χ3v) is 0.633. The number of carbonyl (C=O) groups is 1. The van der Waals surface area contributed by atoms with Crippen LogP contribution >= 0.6 is 0 Å². The zero-order valence-corrected chi connectivity index (χ0v) is 3.61. The third kappa shape index (κ3) is 0.652. The molecule has 3 nitrogen and oxygen atoms in total. The van der Waals surface area contributed by atoms with Gasteiger partial charge >= 0.3 is 0 Å². The maximum Gasteiger partial charge on any atom is 0.234 e. The Kier molecular flexibility index (Phi) is 0.898. The first kappa shape index (κ1) is 4.05. The van der Waals surface area contributed by atoms with Crippen LogP contribution in [0.25, 0.3) is 0 Å². The Hall–Kier alpha value is -1.12. The fraction of sp³-hybridized carbons (Fsp3) is 0. The molecular formula is C4H4N2O. The lowest BCUT2D eigenvalue weighted by Gasteiger charge is -1.76. The molecule has 1 aromatic heterocycles. The molecule has 0 saturated heterocycles. The zero-order chi connectivity index (χ0) is 5.11. The van der Waals surface area contributed by atoms with Crippen molar-refractivity contribution in [2.45, 2.75) is 0 Å². The van der Waals surface area contributed by atoms with E-state index >= 15 is 0 Å². The van der Waals surface area contributed by atoms with Crippen LogP contribution in [-0.2, 0) is 4.79 Å². The average molecular weight is 96.1 g/mol. The van der Waals surface area contributed by atoms with Gasteiger partial charge in [0.25, 0.3) is 0 Å². The van der Waals surface area contributed by atoms with Gasteiger partial charge in [-0.3, -0.25) is 4.79 Å². The summed E-state index contributed by atoms with van der Waals surface area (Å²) < 4.78 is 1.19. The second-order valence-corrected chi connectivity index (χ2v) is 1.09. The Labute approximate surface area is 40.6 Å².